The number of nitrogens with one attached hydrogen (secondary N) is 1. The number of fused-ring (bicyclic) bond motifs is 1. The molecule has 3 aromatic carbocycles. The van der Waals surface area contributed by atoms with Crippen LogP contribution in [0.2, 0.25) is 0 Å². The number of sulfonamides is 1. The molecule has 34 heavy (non-hydrogen) atoms. The molecule has 8 nitrogen and oxygen atoms in total. The van der Waals surface area contributed by atoms with E-state index >= 15 is 0 Å². The van der Waals surface area contributed by atoms with Crippen LogP contribution in [-0.2, 0) is 14.8 Å². The summed E-state index contributed by atoms with van der Waals surface area (Å²) in [6.45, 7) is 3.93. The molecular weight excluding hydrogens is 454 g/mol. The van der Waals surface area contributed by atoms with Gasteiger partial charge in [0.15, 0.2) is 0 Å². The summed E-state index contributed by atoms with van der Waals surface area (Å²) in [6.07, 6.45) is 0.785. The molecule has 0 spiro atoms. The topological polar surface area (TPSA) is 110 Å². The molecule has 0 aliphatic carbocycles. The number of amides is 1. The van der Waals surface area contributed by atoms with E-state index in [2.05, 4.69) is 11.4 Å². The standard InChI is InChI=1S/C25H27N3O5S/c1-17-7-10-23(28(30)31)16-24(17)34(32,33)27-13-11-20(12-14-27)25(29)26-18(2)21-9-8-19-5-3-4-6-22(19)15-21/h3-10,15-16,18,20H,11-14H2,1-2H3,(H,26,29)/t18-/m0/s1. The van der Waals surface area contributed by atoms with Crippen molar-refractivity contribution in [2.45, 2.75) is 37.6 Å². The summed E-state index contributed by atoms with van der Waals surface area (Å²) in [5, 5.41) is 16.4. The Labute approximate surface area is 198 Å². The van der Waals surface area contributed by atoms with E-state index in [4.69, 9.17) is 0 Å². The van der Waals surface area contributed by atoms with Crippen LogP contribution in [0.4, 0.5) is 5.69 Å². The normalized spacial score (nSPS) is 16.3. The molecule has 178 valence electrons. The SMILES string of the molecule is Cc1ccc([N+](=O)[O-])cc1S(=O)(=O)N1CCC(C(=O)N[C@@H](C)c2ccc3ccccc3c2)CC1. The van der Waals surface area contributed by atoms with Crippen molar-refractivity contribution >= 4 is 32.4 Å². The molecule has 1 saturated heterocycles. The van der Waals surface area contributed by atoms with E-state index in [9.17, 15) is 23.3 Å². The number of piperidine rings is 1. The van der Waals surface area contributed by atoms with Crippen molar-refractivity contribution in [2.24, 2.45) is 5.92 Å². The zero-order valence-electron chi connectivity index (χ0n) is 19.1. The number of non-ortho nitro benzene ring substituents is 1. The van der Waals surface area contributed by atoms with E-state index in [-0.39, 0.29) is 41.5 Å². The molecule has 3 aromatic rings. The highest BCUT2D eigenvalue weighted by Crippen LogP contribution is 2.29. The van der Waals surface area contributed by atoms with Crippen molar-refractivity contribution in [1.82, 2.24) is 9.62 Å². The fraction of sp³-hybridized carbons (Fsp3) is 0.320. The minimum Gasteiger partial charge on any atom is -0.349 e. The van der Waals surface area contributed by atoms with Crippen molar-refractivity contribution in [1.29, 1.82) is 0 Å². The van der Waals surface area contributed by atoms with Crippen molar-refractivity contribution in [2.75, 3.05) is 13.1 Å². The second-order valence-corrected chi connectivity index (χ2v) is 10.6. The lowest BCUT2D eigenvalue weighted by molar-refractivity contribution is -0.385. The summed E-state index contributed by atoms with van der Waals surface area (Å²) < 4.78 is 27.6. The molecule has 0 unspecified atom stereocenters. The van der Waals surface area contributed by atoms with Gasteiger partial charge in [-0.3, -0.25) is 14.9 Å². The molecule has 1 heterocycles. The predicted molar refractivity (Wildman–Crippen MR) is 130 cm³/mol. The zero-order valence-corrected chi connectivity index (χ0v) is 19.9. The maximum atomic E-state index is 13.1. The molecule has 0 bridgehead atoms. The molecule has 0 saturated carbocycles. The molecule has 1 amide bonds. The number of benzene rings is 3. The van der Waals surface area contributed by atoms with Crippen LogP contribution in [0, 0.1) is 23.0 Å². The number of nitrogens with zero attached hydrogens (tertiary/aromatic N) is 2. The van der Waals surface area contributed by atoms with Crippen molar-refractivity contribution in [3.05, 3.63) is 81.9 Å². The Morgan fingerprint density at radius 1 is 1.06 bits per heavy atom. The van der Waals surface area contributed by atoms with Gasteiger partial charge in [-0.15, -0.1) is 0 Å². The van der Waals surface area contributed by atoms with E-state index in [1.807, 2.05) is 43.3 Å². The van der Waals surface area contributed by atoms with Crippen LogP contribution < -0.4 is 5.32 Å². The number of nitro groups is 1. The molecule has 1 aliphatic heterocycles. The van der Waals surface area contributed by atoms with Crippen molar-refractivity contribution in [3.63, 3.8) is 0 Å². The van der Waals surface area contributed by atoms with Gasteiger partial charge < -0.3 is 5.32 Å². The summed E-state index contributed by atoms with van der Waals surface area (Å²) in [5.41, 5.74) is 1.20. The first-order valence-electron chi connectivity index (χ1n) is 11.2. The summed E-state index contributed by atoms with van der Waals surface area (Å²) in [7, 11) is -3.89. The first-order chi connectivity index (χ1) is 16.2. The van der Waals surface area contributed by atoms with E-state index < -0.39 is 14.9 Å². The van der Waals surface area contributed by atoms with E-state index in [1.54, 1.807) is 6.92 Å². The lowest BCUT2D eigenvalue weighted by atomic mass is 9.96. The third kappa shape index (κ3) is 4.80. The molecule has 0 aromatic heterocycles. The number of carbonyl (C=O) groups excluding carboxylic acids is 1. The first kappa shape index (κ1) is 23.8. The number of hydrogen-bond donors (Lipinski definition) is 1. The quantitative estimate of drug-likeness (QED) is 0.416. The maximum absolute atomic E-state index is 13.1. The van der Waals surface area contributed by atoms with Gasteiger partial charge in [-0.25, -0.2) is 8.42 Å². The number of aryl methyl sites for hydroxylation is 1. The van der Waals surface area contributed by atoms with E-state index in [0.717, 1.165) is 22.4 Å². The number of rotatable bonds is 6. The molecule has 9 heteroatoms. The van der Waals surface area contributed by atoms with Crippen LogP contribution >= 0.6 is 0 Å². The second-order valence-electron chi connectivity index (χ2n) is 8.72. The Morgan fingerprint density at radius 3 is 2.41 bits per heavy atom. The molecule has 4 rings (SSSR count). The van der Waals surface area contributed by atoms with Gasteiger partial charge in [-0.05, 0) is 54.7 Å². The van der Waals surface area contributed by atoms with Crippen LogP contribution in [0.15, 0.2) is 65.6 Å². The summed E-state index contributed by atoms with van der Waals surface area (Å²) in [4.78, 5) is 23.3. The summed E-state index contributed by atoms with van der Waals surface area (Å²) in [6, 6.07) is 17.8. The molecule has 1 N–H and O–H groups in total. The van der Waals surface area contributed by atoms with Crippen LogP contribution in [0.3, 0.4) is 0 Å². The average Bonchev–Trinajstić information content (AvgIpc) is 2.83. The van der Waals surface area contributed by atoms with Gasteiger partial charge in [-0.1, -0.05) is 42.5 Å². The van der Waals surface area contributed by atoms with E-state index in [0.29, 0.717) is 18.4 Å². The lowest BCUT2D eigenvalue weighted by Gasteiger charge is -2.31. The van der Waals surface area contributed by atoms with Gasteiger partial charge >= 0.3 is 0 Å². The van der Waals surface area contributed by atoms with E-state index in [1.165, 1.54) is 16.4 Å². The number of nitro benzene ring substituents is 1. The number of hydrogen-bond acceptors (Lipinski definition) is 5. The maximum Gasteiger partial charge on any atom is 0.270 e. The highest BCUT2D eigenvalue weighted by Gasteiger charge is 2.34. The minimum absolute atomic E-state index is 0.0606. The Kier molecular flexibility index (Phi) is 6.67. The average molecular weight is 482 g/mol. The van der Waals surface area contributed by atoms with Gasteiger partial charge in [0.25, 0.3) is 5.69 Å². The molecule has 1 atom stereocenters. The minimum atomic E-state index is -3.89. The van der Waals surface area contributed by atoms with Gasteiger partial charge in [0.05, 0.1) is 15.9 Å². The van der Waals surface area contributed by atoms with Crippen molar-refractivity contribution in [3.8, 4) is 0 Å². The fourth-order valence-electron chi connectivity index (χ4n) is 4.37. The first-order valence-corrected chi connectivity index (χ1v) is 12.6. The summed E-state index contributed by atoms with van der Waals surface area (Å²) in [5.74, 6) is -0.384. The number of carbonyl (C=O) groups is 1. The fourth-order valence-corrected chi connectivity index (χ4v) is 6.08. The monoisotopic (exact) mass is 481 g/mol. The molecule has 0 radical (unpaired) electrons. The Hall–Kier alpha value is -3.30. The molecule has 1 fully saturated rings. The lowest BCUT2D eigenvalue weighted by Crippen LogP contribution is -2.43. The van der Waals surface area contributed by atoms with Crippen molar-refractivity contribution < 1.29 is 18.1 Å². The Morgan fingerprint density at radius 2 is 1.74 bits per heavy atom. The zero-order chi connectivity index (χ0) is 24.5. The smallest absolute Gasteiger partial charge is 0.270 e. The van der Waals surface area contributed by atoms with Gasteiger partial charge in [-0.2, -0.15) is 4.31 Å². The highest BCUT2D eigenvalue weighted by molar-refractivity contribution is 7.89. The molecule has 1 aliphatic rings. The van der Waals surface area contributed by atoms with Crippen LogP contribution in [0.1, 0.15) is 36.9 Å². The third-order valence-corrected chi connectivity index (χ3v) is 8.50. The summed E-state index contributed by atoms with van der Waals surface area (Å²) >= 11 is 0. The second kappa shape index (κ2) is 9.52. The van der Waals surface area contributed by atoms with Crippen LogP contribution in [-0.4, -0.2) is 36.6 Å². The van der Waals surface area contributed by atoms with Crippen LogP contribution in [0.25, 0.3) is 10.8 Å². The Bertz CT molecular complexity index is 1350. The third-order valence-electron chi connectivity index (χ3n) is 6.46. The largest absolute Gasteiger partial charge is 0.349 e. The molecular formula is C25H27N3O5S. The predicted octanol–water partition coefficient (Wildman–Crippen LogP) is 4.33. The Balaban J connectivity index is 1.40. The van der Waals surface area contributed by atoms with Gasteiger partial charge in [0.1, 0.15) is 0 Å². The highest BCUT2D eigenvalue weighted by atomic mass is 32.2. The van der Waals surface area contributed by atoms with Crippen LogP contribution in [0.5, 0.6) is 0 Å². The van der Waals surface area contributed by atoms with Gasteiger partial charge in [0, 0.05) is 31.1 Å². The van der Waals surface area contributed by atoms with Gasteiger partial charge in [0.2, 0.25) is 15.9 Å².